The standard InChI is InChI=1S/C20H30O6/c1-20(2,3)12-18(17(22)10-15(21)11-19(23)25-5)26-13-14-6-8-16(24-4)9-7-14/h6-9,17-18,22H,10-13H2,1-5H3. The molecule has 0 heterocycles. The lowest BCUT2D eigenvalue weighted by Crippen LogP contribution is -2.35. The van der Waals surface area contributed by atoms with Crippen LogP contribution in [0, 0.1) is 5.41 Å². The fourth-order valence-corrected chi connectivity index (χ4v) is 2.50. The zero-order valence-corrected chi connectivity index (χ0v) is 16.3. The first-order valence-corrected chi connectivity index (χ1v) is 8.65. The van der Waals surface area contributed by atoms with Gasteiger partial charge >= 0.3 is 5.97 Å². The molecule has 2 unspecified atom stereocenters. The predicted molar refractivity (Wildman–Crippen MR) is 97.9 cm³/mol. The number of carbonyl (C=O) groups excluding carboxylic acids is 2. The summed E-state index contributed by atoms with van der Waals surface area (Å²) in [7, 11) is 2.83. The zero-order valence-electron chi connectivity index (χ0n) is 16.3. The third-order valence-electron chi connectivity index (χ3n) is 3.87. The lowest BCUT2D eigenvalue weighted by Gasteiger charge is -2.29. The van der Waals surface area contributed by atoms with Crippen LogP contribution in [0.4, 0.5) is 0 Å². The molecular weight excluding hydrogens is 336 g/mol. The quantitative estimate of drug-likeness (QED) is 0.506. The molecule has 2 atom stereocenters. The van der Waals surface area contributed by atoms with Crippen LogP contribution in [0.3, 0.4) is 0 Å². The largest absolute Gasteiger partial charge is 0.497 e. The molecule has 0 amide bonds. The summed E-state index contributed by atoms with van der Waals surface area (Å²) >= 11 is 0. The van der Waals surface area contributed by atoms with Gasteiger partial charge in [0, 0.05) is 6.42 Å². The second-order valence-corrected chi connectivity index (χ2v) is 7.53. The van der Waals surface area contributed by atoms with Crippen LogP contribution in [0.25, 0.3) is 0 Å². The second-order valence-electron chi connectivity index (χ2n) is 7.53. The second kappa shape index (κ2) is 10.3. The number of rotatable bonds is 10. The Morgan fingerprint density at radius 2 is 1.73 bits per heavy atom. The highest BCUT2D eigenvalue weighted by Gasteiger charge is 2.28. The van der Waals surface area contributed by atoms with E-state index in [9.17, 15) is 14.7 Å². The highest BCUT2D eigenvalue weighted by molar-refractivity contribution is 5.95. The predicted octanol–water partition coefficient (Wildman–Crippen LogP) is 2.90. The van der Waals surface area contributed by atoms with E-state index in [0.717, 1.165) is 11.3 Å². The summed E-state index contributed by atoms with van der Waals surface area (Å²) in [5.41, 5.74) is 0.856. The van der Waals surface area contributed by atoms with E-state index in [1.54, 1.807) is 7.11 Å². The maximum atomic E-state index is 11.9. The number of ether oxygens (including phenoxy) is 3. The monoisotopic (exact) mass is 366 g/mol. The van der Waals surface area contributed by atoms with E-state index in [1.807, 2.05) is 45.0 Å². The maximum Gasteiger partial charge on any atom is 0.313 e. The van der Waals surface area contributed by atoms with E-state index in [-0.39, 0.29) is 24.0 Å². The fourth-order valence-electron chi connectivity index (χ4n) is 2.50. The van der Waals surface area contributed by atoms with Gasteiger partial charge in [0.25, 0.3) is 0 Å². The highest BCUT2D eigenvalue weighted by Crippen LogP contribution is 2.26. The van der Waals surface area contributed by atoms with Gasteiger partial charge in [0.2, 0.25) is 0 Å². The van der Waals surface area contributed by atoms with Gasteiger partial charge in [-0.1, -0.05) is 32.9 Å². The van der Waals surface area contributed by atoms with Gasteiger partial charge < -0.3 is 19.3 Å². The van der Waals surface area contributed by atoms with Crippen LogP contribution < -0.4 is 4.74 Å². The van der Waals surface area contributed by atoms with Crippen LogP contribution >= 0.6 is 0 Å². The molecule has 1 N–H and O–H groups in total. The number of hydrogen-bond donors (Lipinski definition) is 1. The average Bonchev–Trinajstić information content (AvgIpc) is 2.57. The molecule has 1 aromatic carbocycles. The van der Waals surface area contributed by atoms with Gasteiger partial charge in [-0.2, -0.15) is 0 Å². The topological polar surface area (TPSA) is 82.1 Å². The summed E-state index contributed by atoms with van der Waals surface area (Å²) in [6, 6.07) is 7.46. The molecule has 0 aliphatic heterocycles. The molecule has 0 bridgehead atoms. The number of ketones is 1. The minimum Gasteiger partial charge on any atom is -0.497 e. The molecule has 0 aliphatic rings. The van der Waals surface area contributed by atoms with Crippen LogP contribution in [0.1, 0.15) is 45.6 Å². The van der Waals surface area contributed by atoms with Gasteiger partial charge in [-0.15, -0.1) is 0 Å². The Balaban J connectivity index is 2.70. The highest BCUT2D eigenvalue weighted by atomic mass is 16.5. The smallest absolute Gasteiger partial charge is 0.313 e. The van der Waals surface area contributed by atoms with E-state index in [1.165, 1.54) is 7.11 Å². The van der Waals surface area contributed by atoms with Gasteiger partial charge in [-0.3, -0.25) is 9.59 Å². The molecule has 0 spiro atoms. The Bertz CT molecular complexity index is 573. The number of methoxy groups -OCH3 is 2. The summed E-state index contributed by atoms with van der Waals surface area (Å²) in [6.07, 6.45) is -1.40. The summed E-state index contributed by atoms with van der Waals surface area (Å²) in [4.78, 5) is 23.1. The molecule has 6 nitrogen and oxygen atoms in total. The van der Waals surface area contributed by atoms with E-state index < -0.39 is 18.2 Å². The van der Waals surface area contributed by atoms with Crippen molar-refractivity contribution in [2.24, 2.45) is 5.41 Å². The summed E-state index contributed by atoms with van der Waals surface area (Å²) in [6.45, 7) is 6.44. The zero-order chi connectivity index (χ0) is 19.7. The molecule has 0 saturated heterocycles. The maximum absolute atomic E-state index is 11.9. The first kappa shape index (κ1) is 22.1. The molecule has 146 valence electrons. The normalized spacial score (nSPS) is 13.8. The van der Waals surface area contributed by atoms with Crippen molar-refractivity contribution < 1.29 is 28.9 Å². The number of Topliss-reactive ketones (excluding diaryl/α,β-unsaturated/α-hetero) is 1. The Labute approximate surface area is 155 Å². The van der Waals surface area contributed by atoms with Crippen LogP contribution in [-0.4, -0.2) is 43.3 Å². The van der Waals surface area contributed by atoms with Gasteiger partial charge in [-0.05, 0) is 29.5 Å². The van der Waals surface area contributed by atoms with Gasteiger partial charge in [0.15, 0.2) is 0 Å². The molecule has 0 aliphatic carbocycles. The lowest BCUT2D eigenvalue weighted by atomic mass is 9.86. The SMILES string of the molecule is COC(=O)CC(=O)CC(O)C(CC(C)(C)C)OCc1ccc(OC)cc1. The van der Waals surface area contributed by atoms with Crippen LogP contribution in [0.2, 0.25) is 0 Å². The van der Waals surface area contributed by atoms with E-state index in [0.29, 0.717) is 13.0 Å². The Morgan fingerprint density at radius 1 is 1.12 bits per heavy atom. The van der Waals surface area contributed by atoms with Gasteiger partial charge in [0.1, 0.15) is 18.0 Å². The molecule has 1 aromatic rings. The minimum absolute atomic E-state index is 0.0864. The van der Waals surface area contributed by atoms with Gasteiger partial charge in [0.05, 0.1) is 33.0 Å². The minimum atomic E-state index is -0.982. The van der Waals surface area contributed by atoms with Crippen molar-refractivity contribution in [3.63, 3.8) is 0 Å². The summed E-state index contributed by atoms with van der Waals surface area (Å²) in [5.74, 6) is -0.210. The molecule has 0 aromatic heterocycles. The molecule has 0 fully saturated rings. The van der Waals surface area contributed by atoms with E-state index in [2.05, 4.69) is 4.74 Å². The van der Waals surface area contributed by atoms with Crippen molar-refractivity contribution in [1.29, 1.82) is 0 Å². The van der Waals surface area contributed by atoms with Gasteiger partial charge in [-0.25, -0.2) is 0 Å². The fraction of sp³-hybridized carbons (Fsp3) is 0.600. The Kier molecular flexibility index (Phi) is 8.75. The third kappa shape index (κ3) is 8.45. The number of esters is 1. The summed E-state index contributed by atoms with van der Waals surface area (Å²) < 4.78 is 15.5. The molecule has 6 heteroatoms. The first-order chi connectivity index (χ1) is 12.1. The molecule has 0 radical (unpaired) electrons. The van der Waals surface area contributed by atoms with Crippen molar-refractivity contribution >= 4 is 11.8 Å². The van der Waals surface area contributed by atoms with Crippen molar-refractivity contribution in [2.75, 3.05) is 14.2 Å². The lowest BCUT2D eigenvalue weighted by molar-refractivity contribution is -0.144. The Hall–Kier alpha value is -1.92. The van der Waals surface area contributed by atoms with Crippen molar-refractivity contribution in [1.82, 2.24) is 0 Å². The molecular formula is C20H30O6. The van der Waals surface area contributed by atoms with E-state index in [4.69, 9.17) is 9.47 Å². The number of aliphatic hydroxyl groups is 1. The number of carbonyl (C=O) groups is 2. The van der Waals surface area contributed by atoms with Crippen molar-refractivity contribution in [3.8, 4) is 5.75 Å². The van der Waals surface area contributed by atoms with E-state index >= 15 is 0 Å². The van der Waals surface area contributed by atoms with Crippen molar-refractivity contribution in [3.05, 3.63) is 29.8 Å². The number of hydrogen-bond acceptors (Lipinski definition) is 6. The number of aliphatic hydroxyl groups excluding tert-OH is 1. The third-order valence-corrected chi connectivity index (χ3v) is 3.87. The van der Waals surface area contributed by atoms with Crippen LogP contribution in [-0.2, 0) is 25.7 Å². The summed E-state index contributed by atoms with van der Waals surface area (Å²) in [5, 5.41) is 10.5. The molecule has 0 saturated carbocycles. The van der Waals surface area contributed by atoms with Crippen molar-refractivity contribution in [2.45, 2.75) is 58.8 Å². The van der Waals surface area contributed by atoms with Crippen LogP contribution in [0.15, 0.2) is 24.3 Å². The molecule has 1 rings (SSSR count). The number of benzene rings is 1. The molecule has 26 heavy (non-hydrogen) atoms. The van der Waals surface area contributed by atoms with Crippen LogP contribution in [0.5, 0.6) is 5.75 Å². The first-order valence-electron chi connectivity index (χ1n) is 8.65. The Morgan fingerprint density at radius 3 is 2.23 bits per heavy atom. The average molecular weight is 366 g/mol.